The van der Waals surface area contributed by atoms with Crippen LogP contribution in [0.2, 0.25) is 0 Å². The number of amides is 1. The second-order valence-corrected chi connectivity index (χ2v) is 8.43. The summed E-state index contributed by atoms with van der Waals surface area (Å²) in [7, 11) is 1.59. The fraction of sp³-hybridized carbons (Fsp3) is 0.185. The van der Waals surface area contributed by atoms with E-state index in [4.69, 9.17) is 17.0 Å². The molecule has 0 unspecified atom stereocenters. The van der Waals surface area contributed by atoms with E-state index in [2.05, 4.69) is 17.4 Å². The van der Waals surface area contributed by atoms with Crippen LogP contribution in [0.4, 0.5) is 5.69 Å². The van der Waals surface area contributed by atoms with Crippen molar-refractivity contribution in [2.75, 3.05) is 12.4 Å². The van der Waals surface area contributed by atoms with Crippen molar-refractivity contribution in [3.63, 3.8) is 0 Å². The number of rotatable bonds is 8. The molecule has 0 fully saturated rings. The molecule has 0 atom stereocenters. The largest absolute Gasteiger partial charge is 0.497 e. The maximum atomic E-state index is 12.9. The van der Waals surface area contributed by atoms with Crippen LogP contribution in [-0.2, 0) is 24.2 Å². The predicted octanol–water partition coefficient (Wildman–Crippen LogP) is 5.45. The molecule has 0 radical (unpaired) electrons. The number of nitrogens with zero attached hydrogens (tertiary/aromatic N) is 2. The van der Waals surface area contributed by atoms with Crippen LogP contribution < -0.4 is 10.1 Å². The summed E-state index contributed by atoms with van der Waals surface area (Å²) in [6.07, 6.45) is 0.703. The van der Waals surface area contributed by atoms with Gasteiger partial charge in [0.05, 0.1) is 24.9 Å². The molecule has 0 saturated heterocycles. The van der Waals surface area contributed by atoms with Gasteiger partial charge in [0.1, 0.15) is 5.75 Å². The summed E-state index contributed by atoms with van der Waals surface area (Å²) >= 11 is 5.76. The number of carbonyl (C=O) groups is 1. The molecule has 0 saturated carbocycles. The summed E-state index contributed by atoms with van der Waals surface area (Å²) in [6, 6.07) is 24.9. The summed E-state index contributed by atoms with van der Waals surface area (Å²) in [5.41, 5.74) is 4.14. The average molecular weight is 474 g/mol. The van der Waals surface area contributed by atoms with Crippen LogP contribution in [0.25, 0.3) is 5.69 Å². The number of aromatic nitrogens is 2. The molecule has 0 spiro atoms. The van der Waals surface area contributed by atoms with Crippen LogP contribution in [0.1, 0.15) is 16.8 Å². The van der Waals surface area contributed by atoms with Gasteiger partial charge in [-0.05, 0) is 67.5 Å². The van der Waals surface area contributed by atoms with Crippen LogP contribution >= 0.6 is 12.2 Å². The molecular formula is C27H27N3O3S. The molecule has 0 aliphatic carbocycles. The average Bonchev–Trinajstić information content (AvgIpc) is 3.08. The Bertz CT molecular complexity index is 1320. The van der Waals surface area contributed by atoms with Crippen molar-refractivity contribution in [2.24, 2.45) is 0 Å². The van der Waals surface area contributed by atoms with E-state index in [1.807, 2.05) is 54.0 Å². The van der Waals surface area contributed by atoms with Gasteiger partial charge in [-0.1, -0.05) is 48.0 Å². The molecule has 2 N–H and O–H groups in total. The normalized spacial score (nSPS) is 10.8. The SMILES string of the molecule is COc1ccc(NC(=O)Cc2c(O)n(-c3ccc(C)cc3)c(=S)n2CCc2ccccc2)cc1. The zero-order chi connectivity index (χ0) is 24.1. The molecular weight excluding hydrogens is 446 g/mol. The Morgan fingerprint density at radius 1 is 1.00 bits per heavy atom. The molecule has 4 rings (SSSR count). The Labute approximate surface area is 204 Å². The summed E-state index contributed by atoms with van der Waals surface area (Å²) in [5, 5.41) is 14.1. The van der Waals surface area contributed by atoms with E-state index in [9.17, 15) is 9.90 Å². The molecule has 7 heteroatoms. The maximum Gasteiger partial charge on any atom is 0.230 e. The van der Waals surface area contributed by atoms with Gasteiger partial charge in [-0.25, -0.2) is 0 Å². The molecule has 0 bridgehead atoms. The highest BCUT2D eigenvalue weighted by atomic mass is 32.1. The monoisotopic (exact) mass is 473 g/mol. The van der Waals surface area contributed by atoms with Gasteiger partial charge in [0.15, 0.2) is 4.77 Å². The summed E-state index contributed by atoms with van der Waals surface area (Å²) in [6.45, 7) is 2.54. The van der Waals surface area contributed by atoms with Gasteiger partial charge in [-0.3, -0.25) is 9.36 Å². The molecule has 3 aromatic carbocycles. The molecule has 1 heterocycles. The number of aromatic hydroxyl groups is 1. The molecule has 4 aromatic rings. The molecule has 6 nitrogen and oxygen atoms in total. The number of benzene rings is 3. The number of ether oxygens (including phenoxy) is 1. The van der Waals surface area contributed by atoms with Crippen LogP contribution in [0, 0.1) is 11.7 Å². The van der Waals surface area contributed by atoms with E-state index in [0.29, 0.717) is 28.4 Å². The lowest BCUT2D eigenvalue weighted by molar-refractivity contribution is -0.115. The van der Waals surface area contributed by atoms with E-state index in [-0.39, 0.29) is 18.2 Å². The van der Waals surface area contributed by atoms with Crippen LogP contribution in [0.3, 0.4) is 0 Å². The smallest absolute Gasteiger partial charge is 0.230 e. The van der Waals surface area contributed by atoms with Gasteiger partial charge >= 0.3 is 0 Å². The highest BCUT2D eigenvalue weighted by Crippen LogP contribution is 2.27. The Balaban J connectivity index is 1.65. The van der Waals surface area contributed by atoms with E-state index in [1.54, 1.807) is 35.9 Å². The Morgan fingerprint density at radius 2 is 1.68 bits per heavy atom. The van der Waals surface area contributed by atoms with Crippen LogP contribution in [0.5, 0.6) is 11.6 Å². The summed E-state index contributed by atoms with van der Waals surface area (Å²) in [5.74, 6) is 0.442. The van der Waals surface area contributed by atoms with Crippen molar-refractivity contribution in [3.8, 4) is 17.3 Å². The van der Waals surface area contributed by atoms with Gasteiger partial charge in [0.25, 0.3) is 0 Å². The van der Waals surface area contributed by atoms with E-state index >= 15 is 0 Å². The van der Waals surface area contributed by atoms with Gasteiger partial charge < -0.3 is 19.7 Å². The Morgan fingerprint density at radius 3 is 2.32 bits per heavy atom. The topological polar surface area (TPSA) is 68.4 Å². The summed E-state index contributed by atoms with van der Waals surface area (Å²) in [4.78, 5) is 12.9. The first-order chi connectivity index (χ1) is 16.5. The predicted molar refractivity (Wildman–Crippen MR) is 136 cm³/mol. The quantitative estimate of drug-likeness (QED) is 0.334. The van der Waals surface area contributed by atoms with Crippen molar-refractivity contribution in [2.45, 2.75) is 26.3 Å². The zero-order valence-corrected chi connectivity index (χ0v) is 20.0. The lowest BCUT2D eigenvalue weighted by atomic mass is 10.1. The third-order valence-corrected chi connectivity index (χ3v) is 6.08. The molecule has 0 aliphatic heterocycles. The fourth-order valence-electron chi connectivity index (χ4n) is 3.83. The number of methoxy groups -OCH3 is 1. The first-order valence-corrected chi connectivity index (χ1v) is 11.5. The number of hydrogen-bond acceptors (Lipinski definition) is 4. The van der Waals surface area contributed by atoms with Gasteiger partial charge in [0, 0.05) is 12.2 Å². The van der Waals surface area contributed by atoms with E-state index in [0.717, 1.165) is 23.2 Å². The molecule has 1 aromatic heterocycles. The third-order valence-electron chi connectivity index (χ3n) is 5.68. The van der Waals surface area contributed by atoms with Gasteiger partial charge in [-0.2, -0.15) is 0 Å². The van der Waals surface area contributed by atoms with Crippen molar-refractivity contribution in [1.82, 2.24) is 9.13 Å². The number of anilines is 1. The number of carbonyl (C=O) groups excluding carboxylic acids is 1. The lowest BCUT2D eigenvalue weighted by Gasteiger charge is -2.10. The Hall–Kier alpha value is -3.84. The highest BCUT2D eigenvalue weighted by molar-refractivity contribution is 7.71. The van der Waals surface area contributed by atoms with Crippen molar-refractivity contribution < 1.29 is 14.6 Å². The number of hydrogen-bond donors (Lipinski definition) is 2. The maximum absolute atomic E-state index is 12.9. The van der Waals surface area contributed by atoms with Crippen molar-refractivity contribution in [3.05, 3.63) is 100 Å². The number of aryl methyl sites for hydroxylation is 2. The molecule has 0 aliphatic rings. The minimum Gasteiger partial charge on any atom is -0.497 e. The van der Waals surface area contributed by atoms with E-state index < -0.39 is 0 Å². The number of nitrogens with one attached hydrogen (secondary N) is 1. The van der Waals surface area contributed by atoms with Crippen LogP contribution in [-0.4, -0.2) is 27.3 Å². The summed E-state index contributed by atoms with van der Waals surface area (Å²) < 4.78 is 9.09. The third kappa shape index (κ3) is 5.21. The minimum atomic E-state index is -0.245. The lowest BCUT2D eigenvalue weighted by Crippen LogP contribution is -2.17. The fourth-order valence-corrected chi connectivity index (χ4v) is 4.22. The van der Waals surface area contributed by atoms with E-state index in [1.165, 1.54) is 0 Å². The molecule has 34 heavy (non-hydrogen) atoms. The molecule has 174 valence electrons. The van der Waals surface area contributed by atoms with Crippen LogP contribution in [0.15, 0.2) is 78.9 Å². The Kier molecular flexibility index (Phi) is 7.13. The standard InChI is InChI=1S/C27H27N3O3S/c1-19-8-12-22(13-9-19)30-26(32)24(18-25(31)28-21-10-14-23(33-2)15-11-21)29(27(30)34)17-16-20-6-4-3-5-7-20/h3-15,32H,16-18H2,1-2H3,(H,28,31). The molecule has 1 amide bonds. The number of imidazole rings is 1. The first kappa shape index (κ1) is 23.3. The second-order valence-electron chi connectivity index (χ2n) is 8.06. The van der Waals surface area contributed by atoms with Crippen molar-refractivity contribution in [1.29, 1.82) is 0 Å². The van der Waals surface area contributed by atoms with Crippen molar-refractivity contribution >= 4 is 23.8 Å². The minimum absolute atomic E-state index is 0.0187. The van der Waals surface area contributed by atoms with Gasteiger partial charge in [-0.15, -0.1) is 0 Å². The second kappa shape index (κ2) is 10.4. The van der Waals surface area contributed by atoms with Gasteiger partial charge in [0.2, 0.25) is 11.8 Å². The first-order valence-electron chi connectivity index (χ1n) is 11.0. The zero-order valence-electron chi connectivity index (χ0n) is 19.2. The highest BCUT2D eigenvalue weighted by Gasteiger charge is 2.21.